The van der Waals surface area contributed by atoms with Gasteiger partial charge in [0.2, 0.25) is 5.91 Å². The van der Waals surface area contributed by atoms with Gasteiger partial charge in [-0.05, 0) is 17.7 Å². The van der Waals surface area contributed by atoms with E-state index in [1.54, 1.807) is 16.9 Å². The molecule has 4 aromatic rings. The predicted octanol–water partition coefficient (Wildman–Crippen LogP) is 4.89. The smallest absolute Gasteiger partial charge is 0.231 e. The Labute approximate surface area is 171 Å². The summed E-state index contributed by atoms with van der Waals surface area (Å²) in [6.07, 6.45) is 1.89. The summed E-state index contributed by atoms with van der Waals surface area (Å²) in [5.74, 6) is 0.529. The van der Waals surface area contributed by atoms with Gasteiger partial charge < -0.3 is 5.32 Å². The highest BCUT2D eigenvalue weighted by molar-refractivity contribution is 7.13. The van der Waals surface area contributed by atoms with Gasteiger partial charge >= 0.3 is 0 Å². The van der Waals surface area contributed by atoms with Crippen LogP contribution >= 0.6 is 22.9 Å². The summed E-state index contributed by atoms with van der Waals surface area (Å²) in [6.45, 7) is 0.550. The first-order valence-electron chi connectivity index (χ1n) is 8.73. The minimum atomic E-state index is -0.122. The van der Waals surface area contributed by atoms with Gasteiger partial charge in [0.1, 0.15) is 10.8 Å². The molecule has 0 saturated heterocycles. The summed E-state index contributed by atoms with van der Waals surface area (Å²) in [4.78, 5) is 17.0. The molecule has 1 N–H and O–H groups in total. The summed E-state index contributed by atoms with van der Waals surface area (Å²) in [7, 11) is 0. The van der Waals surface area contributed by atoms with Crippen molar-refractivity contribution >= 4 is 34.7 Å². The molecule has 2 aromatic carbocycles. The topological polar surface area (TPSA) is 59.8 Å². The zero-order valence-electron chi connectivity index (χ0n) is 14.9. The van der Waals surface area contributed by atoms with Crippen molar-refractivity contribution < 1.29 is 4.79 Å². The van der Waals surface area contributed by atoms with E-state index in [0.29, 0.717) is 17.4 Å². The van der Waals surface area contributed by atoms with Gasteiger partial charge in [-0.15, -0.1) is 11.3 Å². The molecule has 0 unspecified atom stereocenters. The Kier molecular flexibility index (Phi) is 5.50. The van der Waals surface area contributed by atoms with Crippen LogP contribution < -0.4 is 5.32 Å². The van der Waals surface area contributed by atoms with Crippen molar-refractivity contribution in [2.75, 3.05) is 5.32 Å². The molecule has 7 heteroatoms. The van der Waals surface area contributed by atoms with E-state index in [2.05, 4.69) is 15.4 Å². The number of carbonyl (C=O) groups is 1. The third kappa shape index (κ3) is 4.47. The zero-order chi connectivity index (χ0) is 19.3. The molecule has 28 heavy (non-hydrogen) atoms. The monoisotopic (exact) mass is 408 g/mol. The average Bonchev–Trinajstić information content (AvgIpc) is 3.34. The summed E-state index contributed by atoms with van der Waals surface area (Å²) in [6, 6.07) is 19.3. The lowest BCUT2D eigenvalue weighted by Crippen LogP contribution is -2.18. The van der Waals surface area contributed by atoms with Crippen LogP contribution in [-0.4, -0.2) is 20.7 Å². The van der Waals surface area contributed by atoms with Crippen LogP contribution in [0.4, 0.5) is 5.82 Å². The number of thiazole rings is 1. The first kappa shape index (κ1) is 18.4. The van der Waals surface area contributed by atoms with E-state index >= 15 is 0 Å². The largest absolute Gasteiger partial charge is 0.311 e. The standard InChI is InChI=1S/C21H17ClN4OS/c22-17-8-6-15(7-9-17)13-26-19(10-11-23-26)25-20(27)12-18-14-28-21(24-18)16-4-2-1-3-5-16/h1-11,14H,12-13H2,(H,25,27). The number of nitrogens with one attached hydrogen (secondary N) is 1. The minimum absolute atomic E-state index is 0.122. The third-order valence-electron chi connectivity index (χ3n) is 4.14. The highest BCUT2D eigenvalue weighted by Gasteiger charge is 2.12. The van der Waals surface area contributed by atoms with Crippen LogP contribution in [0.2, 0.25) is 5.02 Å². The Hall–Kier alpha value is -2.96. The van der Waals surface area contributed by atoms with E-state index in [1.165, 1.54) is 11.3 Å². The molecule has 4 rings (SSSR count). The van der Waals surface area contributed by atoms with Gasteiger partial charge in [-0.1, -0.05) is 54.1 Å². The number of carbonyl (C=O) groups excluding carboxylic acids is 1. The lowest BCUT2D eigenvalue weighted by atomic mass is 10.2. The molecule has 0 saturated carbocycles. The fraction of sp³-hybridized carbons (Fsp3) is 0.0952. The minimum Gasteiger partial charge on any atom is -0.311 e. The van der Waals surface area contributed by atoms with Crippen molar-refractivity contribution in [1.29, 1.82) is 0 Å². The van der Waals surface area contributed by atoms with Crippen LogP contribution in [0.1, 0.15) is 11.3 Å². The number of benzene rings is 2. The van der Waals surface area contributed by atoms with Crippen molar-refractivity contribution in [3.05, 3.63) is 88.5 Å². The van der Waals surface area contributed by atoms with Gasteiger partial charge in [-0.3, -0.25) is 4.79 Å². The van der Waals surface area contributed by atoms with Crippen LogP contribution in [0.25, 0.3) is 10.6 Å². The molecule has 0 aliphatic heterocycles. The summed E-state index contributed by atoms with van der Waals surface area (Å²) >= 11 is 7.47. The Morgan fingerprint density at radius 2 is 1.86 bits per heavy atom. The molecule has 0 fully saturated rings. The Bertz CT molecular complexity index is 1070. The number of aromatic nitrogens is 3. The highest BCUT2D eigenvalue weighted by Crippen LogP contribution is 2.23. The Morgan fingerprint density at radius 1 is 1.07 bits per heavy atom. The molecule has 0 spiro atoms. The van der Waals surface area contributed by atoms with Gasteiger partial charge in [0.05, 0.1) is 24.9 Å². The average molecular weight is 409 g/mol. The SMILES string of the molecule is O=C(Cc1csc(-c2ccccc2)n1)Nc1ccnn1Cc1ccc(Cl)cc1. The number of rotatable bonds is 6. The van der Waals surface area contributed by atoms with E-state index in [-0.39, 0.29) is 12.3 Å². The second kappa shape index (κ2) is 8.37. The first-order chi connectivity index (χ1) is 13.7. The van der Waals surface area contributed by atoms with Crippen LogP contribution in [-0.2, 0) is 17.8 Å². The molecule has 0 aliphatic carbocycles. The molecule has 2 heterocycles. The molecule has 0 bridgehead atoms. The van der Waals surface area contributed by atoms with Gasteiger partial charge in [0.15, 0.2) is 0 Å². The molecule has 5 nitrogen and oxygen atoms in total. The second-order valence-corrected chi connectivity index (χ2v) is 7.53. The second-order valence-electron chi connectivity index (χ2n) is 6.24. The van der Waals surface area contributed by atoms with Gasteiger partial charge in [-0.25, -0.2) is 9.67 Å². The summed E-state index contributed by atoms with van der Waals surface area (Å²) in [5, 5.41) is 10.7. The predicted molar refractivity (Wildman–Crippen MR) is 113 cm³/mol. The van der Waals surface area contributed by atoms with Gasteiger partial charge in [0, 0.05) is 22.0 Å². The molecule has 0 radical (unpaired) electrons. The van der Waals surface area contributed by atoms with Crippen molar-refractivity contribution in [1.82, 2.24) is 14.8 Å². The lowest BCUT2D eigenvalue weighted by Gasteiger charge is -2.09. The van der Waals surface area contributed by atoms with Gasteiger partial charge in [0.25, 0.3) is 0 Å². The highest BCUT2D eigenvalue weighted by atomic mass is 35.5. The fourth-order valence-corrected chi connectivity index (χ4v) is 3.73. The number of anilines is 1. The van der Waals surface area contributed by atoms with Crippen LogP contribution in [0.5, 0.6) is 0 Å². The van der Waals surface area contributed by atoms with Crippen molar-refractivity contribution in [3.63, 3.8) is 0 Å². The Balaban J connectivity index is 1.40. The van der Waals surface area contributed by atoms with Crippen LogP contribution in [0, 0.1) is 0 Å². The van der Waals surface area contributed by atoms with E-state index in [0.717, 1.165) is 21.8 Å². The number of hydrogen-bond donors (Lipinski definition) is 1. The van der Waals surface area contributed by atoms with E-state index in [9.17, 15) is 4.79 Å². The van der Waals surface area contributed by atoms with Gasteiger partial charge in [-0.2, -0.15) is 5.10 Å². The fourth-order valence-electron chi connectivity index (χ4n) is 2.78. The van der Waals surface area contributed by atoms with E-state index in [1.807, 2.05) is 60.0 Å². The molecule has 140 valence electrons. The summed E-state index contributed by atoms with van der Waals surface area (Å²) < 4.78 is 1.75. The van der Waals surface area contributed by atoms with Crippen LogP contribution in [0.3, 0.4) is 0 Å². The van der Waals surface area contributed by atoms with Crippen molar-refractivity contribution in [3.8, 4) is 10.6 Å². The number of hydrogen-bond acceptors (Lipinski definition) is 4. The maximum atomic E-state index is 12.5. The third-order valence-corrected chi connectivity index (χ3v) is 5.34. The summed E-state index contributed by atoms with van der Waals surface area (Å²) in [5.41, 5.74) is 2.86. The number of nitrogens with zero attached hydrogens (tertiary/aromatic N) is 3. The lowest BCUT2D eigenvalue weighted by molar-refractivity contribution is -0.115. The van der Waals surface area contributed by atoms with Crippen molar-refractivity contribution in [2.24, 2.45) is 0 Å². The van der Waals surface area contributed by atoms with E-state index in [4.69, 9.17) is 11.6 Å². The molecule has 0 atom stereocenters. The molecular weight excluding hydrogens is 392 g/mol. The number of halogens is 1. The molecule has 0 aliphatic rings. The first-order valence-corrected chi connectivity index (χ1v) is 9.99. The van der Waals surface area contributed by atoms with Crippen molar-refractivity contribution in [2.45, 2.75) is 13.0 Å². The van der Waals surface area contributed by atoms with E-state index < -0.39 is 0 Å². The quantitative estimate of drug-likeness (QED) is 0.494. The molecule has 1 amide bonds. The Morgan fingerprint density at radius 3 is 2.64 bits per heavy atom. The maximum Gasteiger partial charge on any atom is 0.231 e. The maximum absolute atomic E-state index is 12.5. The zero-order valence-corrected chi connectivity index (χ0v) is 16.5. The molecule has 2 aromatic heterocycles. The normalized spacial score (nSPS) is 10.8. The van der Waals surface area contributed by atoms with Crippen LogP contribution in [0.15, 0.2) is 72.2 Å². The number of amides is 1. The molecular formula is C21H17ClN4OS.